The number of piperidine rings is 2. The van der Waals surface area contributed by atoms with Crippen molar-refractivity contribution in [2.45, 2.75) is 70.1 Å². The van der Waals surface area contributed by atoms with E-state index in [1.807, 2.05) is 22.1 Å². The third kappa shape index (κ3) is 7.39. The van der Waals surface area contributed by atoms with Crippen LogP contribution in [0.2, 0.25) is 5.02 Å². The minimum Gasteiger partial charge on any atom is -0.469 e. The van der Waals surface area contributed by atoms with Gasteiger partial charge in [0.2, 0.25) is 11.8 Å². The lowest BCUT2D eigenvalue weighted by Crippen LogP contribution is -2.43. The minimum absolute atomic E-state index is 0.0863. The highest BCUT2D eigenvalue weighted by Gasteiger charge is 2.37. The summed E-state index contributed by atoms with van der Waals surface area (Å²) in [7, 11) is 1.36. The number of rotatable bonds is 7. The van der Waals surface area contributed by atoms with Gasteiger partial charge in [-0.15, -0.1) is 0 Å². The van der Waals surface area contributed by atoms with E-state index >= 15 is 0 Å². The lowest BCUT2D eigenvalue weighted by molar-refractivity contribution is -0.141. The number of nitrogens with zero attached hydrogens (tertiary/aromatic N) is 3. The first-order valence-electron chi connectivity index (χ1n) is 15.0. The van der Waals surface area contributed by atoms with Crippen LogP contribution >= 0.6 is 43.5 Å². The van der Waals surface area contributed by atoms with Gasteiger partial charge in [0.05, 0.1) is 12.8 Å². The third-order valence-electron chi connectivity index (χ3n) is 9.21. The van der Waals surface area contributed by atoms with Gasteiger partial charge >= 0.3 is 5.97 Å². The molecule has 42 heavy (non-hydrogen) atoms. The molecule has 0 bridgehead atoms. The molecule has 7 nitrogen and oxygen atoms in total. The van der Waals surface area contributed by atoms with E-state index in [0.29, 0.717) is 44.2 Å². The van der Waals surface area contributed by atoms with Gasteiger partial charge in [-0.05, 0) is 108 Å². The van der Waals surface area contributed by atoms with Crippen molar-refractivity contribution in [2.75, 3.05) is 33.3 Å². The number of aryl methyl sites for hydroxylation is 2. The molecule has 2 amide bonds. The van der Waals surface area contributed by atoms with Crippen LogP contribution in [-0.4, -0.2) is 65.9 Å². The fourth-order valence-corrected chi connectivity index (χ4v) is 8.42. The first-order valence-corrected chi connectivity index (χ1v) is 16.9. The SMILES string of the molecule is COC(=O)CCCC(=O)N1CCC(CC(=O)N2CCC([C@H]3c4ncc(Br)cc4CCc4cc(Cl)cc(Br)c43)CC2)CC1. The summed E-state index contributed by atoms with van der Waals surface area (Å²) >= 11 is 13.9. The molecule has 0 saturated carbocycles. The van der Waals surface area contributed by atoms with E-state index in [1.54, 1.807) is 0 Å². The highest BCUT2D eigenvalue weighted by molar-refractivity contribution is 9.10. The van der Waals surface area contributed by atoms with Crippen LogP contribution in [-0.2, 0) is 32.0 Å². The summed E-state index contributed by atoms with van der Waals surface area (Å²) in [6.07, 6.45) is 8.99. The van der Waals surface area contributed by atoms with Crippen LogP contribution in [0, 0.1) is 11.8 Å². The van der Waals surface area contributed by atoms with Crippen molar-refractivity contribution in [2.24, 2.45) is 11.8 Å². The van der Waals surface area contributed by atoms with E-state index < -0.39 is 0 Å². The Bertz CT molecular complexity index is 1320. The highest BCUT2D eigenvalue weighted by Crippen LogP contribution is 2.46. The molecule has 1 atom stereocenters. The maximum atomic E-state index is 13.3. The number of methoxy groups -OCH3 is 1. The van der Waals surface area contributed by atoms with E-state index in [1.165, 1.54) is 23.8 Å². The van der Waals surface area contributed by atoms with Gasteiger partial charge in [0, 0.05) is 71.5 Å². The number of carbonyl (C=O) groups is 3. The molecule has 0 spiro atoms. The van der Waals surface area contributed by atoms with Crippen molar-refractivity contribution in [3.63, 3.8) is 0 Å². The van der Waals surface area contributed by atoms with E-state index in [-0.39, 0.29) is 30.1 Å². The van der Waals surface area contributed by atoms with E-state index in [0.717, 1.165) is 71.3 Å². The van der Waals surface area contributed by atoms with Crippen LogP contribution in [0.1, 0.15) is 79.7 Å². The van der Waals surface area contributed by atoms with E-state index in [4.69, 9.17) is 16.6 Å². The number of hydrogen-bond acceptors (Lipinski definition) is 5. The Morgan fingerprint density at radius 1 is 0.929 bits per heavy atom. The molecule has 3 heterocycles. The number of hydrogen-bond donors (Lipinski definition) is 0. The Morgan fingerprint density at radius 3 is 2.31 bits per heavy atom. The van der Waals surface area contributed by atoms with Gasteiger partial charge < -0.3 is 14.5 Å². The summed E-state index contributed by atoms with van der Waals surface area (Å²) in [5, 5.41) is 0.744. The predicted octanol–water partition coefficient (Wildman–Crippen LogP) is 6.70. The van der Waals surface area contributed by atoms with Gasteiger partial charge in [-0.25, -0.2) is 0 Å². The van der Waals surface area contributed by atoms with Crippen molar-refractivity contribution < 1.29 is 19.1 Å². The molecule has 2 fully saturated rings. The Balaban J connectivity index is 1.17. The van der Waals surface area contributed by atoms with Gasteiger partial charge in [0.1, 0.15) is 0 Å². The number of pyridine rings is 1. The number of ether oxygens (including phenoxy) is 1. The molecular formula is C32H38Br2ClN3O4. The van der Waals surface area contributed by atoms with Crippen molar-refractivity contribution in [1.82, 2.24) is 14.8 Å². The molecule has 226 valence electrons. The smallest absolute Gasteiger partial charge is 0.305 e. The molecule has 2 aromatic rings. The summed E-state index contributed by atoms with van der Waals surface area (Å²) in [6, 6.07) is 6.31. The van der Waals surface area contributed by atoms with Gasteiger partial charge in [-0.2, -0.15) is 0 Å². The topological polar surface area (TPSA) is 79.8 Å². The zero-order valence-electron chi connectivity index (χ0n) is 24.0. The molecule has 10 heteroatoms. The summed E-state index contributed by atoms with van der Waals surface area (Å²) in [5.74, 6) is 0.873. The van der Waals surface area contributed by atoms with Gasteiger partial charge in [-0.1, -0.05) is 27.5 Å². The zero-order valence-corrected chi connectivity index (χ0v) is 28.0. The lowest BCUT2D eigenvalue weighted by Gasteiger charge is -2.38. The standard InChI is InChI=1S/C32H38Br2ClN3O4/c1-42-29(41)4-2-3-27(39)37-11-7-20(8-12-37)15-28(40)38-13-9-21(10-14-38)31-30-22(17-25(35)18-26(30)34)5-6-23-16-24(33)19-36-32(23)31/h16-21,31H,2-15H2,1H3/t31-/m1/s1. The second-order valence-electron chi connectivity index (χ2n) is 11.8. The molecule has 3 aliphatic rings. The Labute approximate surface area is 270 Å². The Hall–Kier alpha value is -1.97. The molecule has 5 rings (SSSR count). The fraction of sp³-hybridized carbons (Fsp3) is 0.562. The number of esters is 1. The highest BCUT2D eigenvalue weighted by atomic mass is 79.9. The molecule has 1 aromatic carbocycles. The first kappa shape index (κ1) is 31.5. The number of carbonyl (C=O) groups excluding carboxylic acids is 3. The molecule has 0 unspecified atom stereocenters. The van der Waals surface area contributed by atoms with Gasteiger partial charge in [-0.3, -0.25) is 19.4 Å². The number of benzene rings is 1. The molecular weight excluding hydrogens is 686 g/mol. The van der Waals surface area contributed by atoms with Gasteiger partial charge in [0.15, 0.2) is 0 Å². The second-order valence-corrected chi connectivity index (χ2v) is 14.0. The molecule has 1 aromatic heterocycles. The average molecular weight is 724 g/mol. The fourth-order valence-electron chi connectivity index (χ4n) is 6.92. The molecule has 0 N–H and O–H groups in total. The van der Waals surface area contributed by atoms with Crippen LogP contribution in [0.3, 0.4) is 0 Å². The molecule has 1 aliphatic carbocycles. The summed E-state index contributed by atoms with van der Waals surface area (Å²) in [6.45, 7) is 2.87. The van der Waals surface area contributed by atoms with Crippen LogP contribution in [0.25, 0.3) is 0 Å². The second kappa shape index (κ2) is 14.2. The van der Waals surface area contributed by atoms with Gasteiger partial charge in [0.25, 0.3) is 0 Å². The minimum atomic E-state index is -0.282. The normalized spacial score (nSPS) is 19.6. The third-order valence-corrected chi connectivity index (χ3v) is 10.5. The van der Waals surface area contributed by atoms with Crippen LogP contribution in [0.5, 0.6) is 0 Å². The summed E-state index contributed by atoms with van der Waals surface area (Å²) < 4.78 is 6.69. The largest absolute Gasteiger partial charge is 0.469 e. The first-order chi connectivity index (χ1) is 20.2. The van der Waals surface area contributed by atoms with E-state index in [2.05, 4.69) is 48.7 Å². The predicted molar refractivity (Wildman–Crippen MR) is 169 cm³/mol. The van der Waals surface area contributed by atoms with Crippen molar-refractivity contribution in [3.8, 4) is 0 Å². The number of likely N-dealkylation sites (tertiary alicyclic amines) is 2. The maximum Gasteiger partial charge on any atom is 0.305 e. The molecule has 2 aliphatic heterocycles. The van der Waals surface area contributed by atoms with Crippen molar-refractivity contribution in [3.05, 3.63) is 60.7 Å². The Morgan fingerprint density at radius 2 is 1.60 bits per heavy atom. The quantitative estimate of drug-likeness (QED) is 0.297. The Kier molecular flexibility index (Phi) is 10.6. The summed E-state index contributed by atoms with van der Waals surface area (Å²) in [5.41, 5.74) is 5.00. The monoisotopic (exact) mass is 721 g/mol. The molecule has 0 radical (unpaired) electrons. The van der Waals surface area contributed by atoms with Crippen molar-refractivity contribution in [1.29, 1.82) is 0 Å². The average Bonchev–Trinajstić information content (AvgIpc) is 3.14. The van der Waals surface area contributed by atoms with Crippen LogP contribution in [0.4, 0.5) is 0 Å². The number of amides is 2. The van der Waals surface area contributed by atoms with Crippen LogP contribution in [0.15, 0.2) is 33.3 Å². The maximum absolute atomic E-state index is 13.3. The van der Waals surface area contributed by atoms with E-state index in [9.17, 15) is 14.4 Å². The molecule has 2 saturated heterocycles. The zero-order chi connectivity index (χ0) is 29.8. The number of halogens is 3. The lowest BCUT2D eigenvalue weighted by atomic mass is 9.76. The number of fused-ring (bicyclic) bond motifs is 2. The van der Waals surface area contributed by atoms with Crippen LogP contribution < -0.4 is 0 Å². The summed E-state index contributed by atoms with van der Waals surface area (Å²) in [4.78, 5) is 46.0. The van der Waals surface area contributed by atoms with Crippen molar-refractivity contribution >= 4 is 61.2 Å². The number of aromatic nitrogens is 1.